The molecule has 10 nitrogen and oxygen atoms in total. The summed E-state index contributed by atoms with van der Waals surface area (Å²) in [5.74, 6) is -0.362. The third-order valence-corrected chi connectivity index (χ3v) is 6.75. The SMILES string of the molecule is COc1cc(CNC(=O)c2cc(C3=NO[C@H](C4CCC(NC(=O)[C@H](C)O)CC4)C3)nc(C)n2)ccc1F. The second-order valence-electron chi connectivity index (χ2n) is 9.52. The number of benzene rings is 1. The predicted molar refractivity (Wildman–Crippen MR) is 132 cm³/mol. The highest BCUT2D eigenvalue weighted by molar-refractivity contribution is 6.01. The Balaban J connectivity index is 1.33. The summed E-state index contributed by atoms with van der Waals surface area (Å²) in [5.41, 5.74) is 2.10. The van der Waals surface area contributed by atoms with E-state index in [2.05, 4.69) is 25.8 Å². The number of aliphatic hydroxyl groups excluding tert-OH is 1. The van der Waals surface area contributed by atoms with Crippen LogP contribution in [0.15, 0.2) is 29.4 Å². The van der Waals surface area contributed by atoms with E-state index in [0.29, 0.717) is 35.1 Å². The number of nitrogens with one attached hydrogen (secondary N) is 2. The Kier molecular flexibility index (Phi) is 8.32. The molecule has 1 aliphatic heterocycles. The van der Waals surface area contributed by atoms with Gasteiger partial charge in [-0.05, 0) is 69.2 Å². The summed E-state index contributed by atoms with van der Waals surface area (Å²) in [5, 5.41) is 19.3. The second-order valence-corrected chi connectivity index (χ2v) is 9.52. The number of amides is 2. The molecule has 1 aromatic carbocycles. The Labute approximate surface area is 214 Å². The molecule has 1 aromatic heterocycles. The molecule has 198 valence electrons. The lowest BCUT2D eigenvalue weighted by Crippen LogP contribution is -2.43. The number of nitrogens with zero attached hydrogens (tertiary/aromatic N) is 3. The van der Waals surface area contributed by atoms with Gasteiger partial charge in [-0.2, -0.15) is 0 Å². The van der Waals surface area contributed by atoms with Crippen LogP contribution in [-0.4, -0.2) is 58.0 Å². The van der Waals surface area contributed by atoms with Gasteiger partial charge in [0.1, 0.15) is 29.4 Å². The van der Waals surface area contributed by atoms with E-state index in [-0.39, 0.29) is 41.9 Å². The molecule has 2 aromatic rings. The molecule has 0 spiro atoms. The van der Waals surface area contributed by atoms with Gasteiger partial charge < -0.3 is 25.3 Å². The van der Waals surface area contributed by atoms with Gasteiger partial charge in [0.15, 0.2) is 11.6 Å². The normalized spacial score (nSPS) is 22.0. The van der Waals surface area contributed by atoms with Crippen molar-refractivity contribution in [2.75, 3.05) is 7.11 Å². The van der Waals surface area contributed by atoms with Gasteiger partial charge in [0.05, 0.1) is 12.8 Å². The lowest BCUT2D eigenvalue weighted by Gasteiger charge is -2.31. The fraction of sp³-hybridized carbons (Fsp3) is 0.500. The van der Waals surface area contributed by atoms with Gasteiger partial charge in [-0.15, -0.1) is 0 Å². The van der Waals surface area contributed by atoms with Gasteiger partial charge in [-0.25, -0.2) is 14.4 Å². The van der Waals surface area contributed by atoms with Gasteiger partial charge in [-0.3, -0.25) is 9.59 Å². The summed E-state index contributed by atoms with van der Waals surface area (Å²) in [6.45, 7) is 3.35. The summed E-state index contributed by atoms with van der Waals surface area (Å²) in [6, 6.07) is 6.06. The summed E-state index contributed by atoms with van der Waals surface area (Å²) in [7, 11) is 1.38. The molecule has 2 amide bonds. The number of halogens is 1. The Bertz CT molecular complexity index is 1180. The first-order chi connectivity index (χ1) is 17.7. The minimum atomic E-state index is -1.01. The van der Waals surface area contributed by atoms with Crippen LogP contribution in [0.3, 0.4) is 0 Å². The number of carbonyl (C=O) groups excluding carboxylic acids is 2. The number of aliphatic hydroxyl groups is 1. The van der Waals surface area contributed by atoms with E-state index in [9.17, 15) is 19.1 Å². The smallest absolute Gasteiger partial charge is 0.270 e. The maximum Gasteiger partial charge on any atom is 0.270 e. The molecule has 0 radical (unpaired) electrons. The number of carbonyl (C=O) groups is 2. The van der Waals surface area contributed by atoms with E-state index in [4.69, 9.17) is 9.57 Å². The molecular weight excluding hydrogens is 481 g/mol. The Hall–Kier alpha value is -3.60. The van der Waals surface area contributed by atoms with E-state index >= 15 is 0 Å². The summed E-state index contributed by atoms with van der Waals surface area (Å²) >= 11 is 0. The Morgan fingerprint density at radius 3 is 2.68 bits per heavy atom. The molecule has 2 heterocycles. The average Bonchev–Trinajstić information content (AvgIpc) is 3.38. The number of rotatable bonds is 8. The molecule has 0 bridgehead atoms. The van der Waals surface area contributed by atoms with Crippen LogP contribution in [0.1, 0.15) is 66.6 Å². The third kappa shape index (κ3) is 6.59. The number of hydrogen-bond donors (Lipinski definition) is 3. The van der Waals surface area contributed by atoms with Crippen LogP contribution in [0.4, 0.5) is 4.39 Å². The summed E-state index contributed by atoms with van der Waals surface area (Å²) in [6.07, 6.45) is 2.85. The molecule has 1 fully saturated rings. The largest absolute Gasteiger partial charge is 0.494 e. The quantitative estimate of drug-likeness (QED) is 0.493. The number of ether oxygens (including phenoxy) is 1. The van der Waals surface area contributed by atoms with E-state index < -0.39 is 11.9 Å². The highest BCUT2D eigenvalue weighted by Gasteiger charge is 2.34. The van der Waals surface area contributed by atoms with Crippen molar-refractivity contribution in [3.8, 4) is 5.75 Å². The van der Waals surface area contributed by atoms with Crippen molar-refractivity contribution in [3.63, 3.8) is 0 Å². The molecule has 2 atom stereocenters. The molecular formula is C26H32FN5O5. The van der Waals surface area contributed by atoms with Crippen molar-refractivity contribution in [2.24, 2.45) is 11.1 Å². The Morgan fingerprint density at radius 1 is 1.22 bits per heavy atom. The number of methoxy groups -OCH3 is 1. The first-order valence-electron chi connectivity index (χ1n) is 12.4. The molecule has 1 saturated carbocycles. The molecule has 11 heteroatoms. The molecule has 4 rings (SSSR count). The van der Waals surface area contributed by atoms with E-state index in [0.717, 1.165) is 25.7 Å². The van der Waals surface area contributed by atoms with Crippen molar-refractivity contribution in [1.29, 1.82) is 0 Å². The van der Waals surface area contributed by atoms with E-state index in [1.807, 2.05) is 0 Å². The fourth-order valence-corrected chi connectivity index (χ4v) is 4.68. The molecule has 0 unspecified atom stereocenters. The monoisotopic (exact) mass is 513 g/mol. The van der Waals surface area contributed by atoms with Crippen LogP contribution < -0.4 is 15.4 Å². The van der Waals surface area contributed by atoms with Crippen LogP contribution in [0, 0.1) is 18.7 Å². The number of aromatic nitrogens is 2. The van der Waals surface area contributed by atoms with Crippen molar-refractivity contribution in [1.82, 2.24) is 20.6 Å². The number of oxime groups is 1. The van der Waals surface area contributed by atoms with Crippen LogP contribution in [0.25, 0.3) is 0 Å². The van der Waals surface area contributed by atoms with Crippen molar-refractivity contribution < 1.29 is 28.7 Å². The molecule has 3 N–H and O–H groups in total. The molecule has 2 aliphatic rings. The molecule has 0 saturated heterocycles. The minimum Gasteiger partial charge on any atom is -0.494 e. The van der Waals surface area contributed by atoms with Crippen molar-refractivity contribution in [2.45, 2.75) is 70.7 Å². The number of hydrogen-bond acceptors (Lipinski definition) is 8. The van der Waals surface area contributed by atoms with Crippen molar-refractivity contribution in [3.05, 3.63) is 52.9 Å². The van der Waals surface area contributed by atoms with Crippen molar-refractivity contribution >= 4 is 17.5 Å². The summed E-state index contributed by atoms with van der Waals surface area (Å²) in [4.78, 5) is 39.0. The van der Waals surface area contributed by atoms with Gasteiger partial charge in [0, 0.05) is 19.0 Å². The highest BCUT2D eigenvalue weighted by Crippen LogP contribution is 2.33. The van der Waals surface area contributed by atoms with Gasteiger partial charge in [0.2, 0.25) is 5.91 Å². The summed E-state index contributed by atoms with van der Waals surface area (Å²) < 4.78 is 18.6. The van der Waals surface area contributed by atoms with Gasteiger partial charge in [0.25, 0.3) is 5.91 Å². The Morgan fingerprint density at radius 2 is 1.97 bits per heavy atom. The van der Waals surface area contributed by atoms with Gasteiger partial charge in [-0.1, -0.05) is 11.2 Å². The van der Waals surface area contributed by atoms with Crippen LogP contribution in [0.5, 0.6) is 5.75 Å². The standard InChI is InChI=1S/C26H32FN5O5/c1-14(33)25(34)31-18-7-5-17(6-8-18)23-12-21(32-37-23)20-11-22(30-15(2)29-20)26(35)28-13-16-4-9-19(27)24(10-16)36-3/h4,9-11,14,17-18,23,33H,5-8,12-13H2,1-3H3,(H,28,35)(H,31,34)/t14-,17?,18?,23-/m0/s1. The lowest BCUT2D eigenvalue weighted by atomic mass is 9.81. The maximum atomic E-state index is 13.6. The third-order valence-electron chi connectivity index (χ3n) is 6.75. The van der Waals surface area contributed by atoms with Gasteiger partial charge >= 0.3 is 0 Å². The maximum absolute atomic E-state index is 13.6. The van der Waals surface area contributed by atoms with E-state index in [1.165, 1.54) is 26.2 Å². The molecule has 1 aliphatic carbocycles. The molecule has 37 heavy (non-hydrogen) atoms. The van der Waals surface area contributed by atoms with Crippen LogP contribution in [-0.2, 0) is 16.2 Å². The zero-order chi connectivity index (χ0) is 26.5. The average molecular weight is 514 g/mol. The topological polar surface area (TPSA) is 135 Å². The fourth-order valence-electron chi connectivity index (χ4n) is 4.68. The number of aryl methyl sites for hydroxylation is 1. The first-order valence-corrected chi connectivity index (χ1v) is 12.4. The predicted octanol–water partition coefficient (Wildman–Crippen LogP) is 2.41. The van der Waals surface area contributed by atoms with Crippen LogP contribution in [0.2, 0.25) is 0 Å². The zero-order valence-electron chi connectivity index (χ0n) is 21.2. The van der Waals surface area contributed by atoms with E-state index in [1.54, 1.807) is 19.1 Å². The highest BCUT2D eigenvalue weighted by atomic mass is 19.1. The zero-order valence-corrected chi connectivity index (χ0v) is 21.2. The minimum absolute atomic E-state index is 0.0572. The second kappa shape index (κ2) is 11.6. The lowest BCUT2D eigenvalue weighted by molar-refractivity contribution is -0.129. The first kappa shape index (κ1) is 26.5. The van der Waals surface area contributed by atoms with Crippen LogP contribution >= 0.6 is 0 Å².